The third-order valence-corrected chi connectivity index (χ3v) is 5.21. The van der Waals surface area contributed by atoms with Gasteiger partial charge in [-0.15, -0.1) is 0 Å². The molecule has 4 rings (SSSR count). The summed E-state index contributed by atoms with van der Waals surface area (Å²) in [5, 5.41) is 7.88. The van der Waals surface area contributed by atoms with Gasteiger partial charge in [-0.2, -0.15) is 5.10 Å². The van der Waals surface area contributed by atoms with Crippen molar-refractivity contribution in [2.24, 2.45) is 5.73 Å². The molecule has 1 heterocycles. The smallest absolute Gasteiger partial charge is 0.310 e. The van der Waals surface area contributed by atoms with E-state index in [1.54, 1.807) is 31.3 Å². The quantitative estimate of drug-likeness (QED) is 0.399. The maximum absolute atomic E-state index is 15.0. The average molecular weight is 433 g/mol. The van der Waals surface area contributed by atoms with Gasteiger partial charge >= 0.3 is 5.97 Å². The summed E-state index contributed by atoms with van der Waals surface area (Å²) in [5.41, 5.74) is 9.67. The number of nitrogens with zero attached hydrogens (tertiary/aromatic N) is 1. The lowest BCUT2D eigenvalue weighted by Gasteiger charge is -2.13. The summed E-state index contributed by atoms with van der Waals surface area (Å²) in [6, 6.07) is 16.4. The minimum atomic E-state index is -0.338. The third-order valence-electron chi connectivity index (χ3n) is 5.21. The molecule has 6 nitrogen and oxygen atoms in total. The molecule has 0 saturated carbocycles. The highest BCUT2D eigenvalue weighted by Gasteiger charge is 2.15. The molecule has 0 saturated heterocycles. The second-order valence-electron chi connectivity index (χ2n) is 7.34. The number of aromatic amines is 1. The van der Waals surface area contributed by atoms with Gasteiger partial charge in [0.1, 0.15) is 18.2 Å². The predicted molar refractivity (Wildman–Crippen MR) is 120 cm³/mol. The van der Waals surface area contributed by atoms with Crippen molar-refractivity contribution in [1.82, 2.24) is 10.2 Å². The van der Waals surface area contributed by atoms with Crippen LogP contribution < -0.4 is 10.5 Å². The number of esters is 1. The predicted octanol–water partition coefficient (Wildman–Crippen LogP) is 4.51. The van der Waals surface area contributed by atoms with E-state index >= 15 is 4.39 Å². The molecule has 0 aliphatic rings. The van der Waals surface area contributed by atoms with Crippen LogP contribution in [-0.2, 0) is 29.1 Å². The van der Waals surface area contributed by atoms with Crippen LogP contribution in [0.3, 0.4) is 0 Å². The molecule has 3 N–H and O–H groups in total. The van der Waals surface area contributed by atoms with E-state index < -0.39 is 0 Å². The molecule has 32 heavy (non-hydrogen) atoms. The molecule has 7 heteroatoms. The number of nitrogens with two attached hydrogens (primary N) is 1. The second-order valence-corrected chi connectivity index (χ2v) is 7.34. The summed E-state index contributed by atoms with van der Waals surface area (Å²) in [4.78, 5) is 11.9. The minimum absolute atomic E-state index is 0.119. The first-order valence-corrected chi connectivity index (χ1v) is 10.4. The molecule has 0 spiro atoms. The second kappa shape index (κ2) is 9.62. The molecule has 0 atom stereocenters. The van der Waals surface area contributed by atoms with E-state index in [2.05, 4.69) is 10.2 Å². The number of hydrogen-bond donors (Lipinski definition) is 2. The number of hydrogen-bond acceptors (Lipinski definition) is 5. The lowest BCUT2D eigenvalue weighted by molar-refractivity contribution is -0.142. The molecule has 0 radical (unpaired) electrons. The van der Waals surface area contributed by atoms with Crippen molar-refractivity contribution in [1.29, 1.82) is 0 Å². The molecule has 0 fully saturated rings. The minimum Gasteiger partial charge on any atom is -0.489 e. The lowest BCUT2D eigenvalue weighted by Crippen LogP contribution is -2.09. The Morgan fingerprint density at radius 2 is 1.91 bits per heavy atom. The fourth-order valence-electron chi connectivity index (χ4n) is 3.68. The third kappa shape index (κ3) is 4.48. The number of benzene rings is 3. The zero-order valence-corrected chi connectivity index (χ0v) is 17.7. The Hall–Kier alpha value is -3.71. The zero-order valence-electron chi connectivity index (χ0n) is 17.7. The van der Waals surface area contributed by atoms with Crippen molar-refractivity contribution >= 4 is 16.9 Å². The number of nitrogens with one attached hydrogen (secondary N) is 1. The van der Waals surface area contributed by atoms with Crippen molar-refractivity contribution in [3.8, 4) is 16.9 Å². The molecule has 0 amide bonds. The van der Waals surface area contributed by atoms with Crippen LogP contribution in [0, 0.1) is 5.82 Å². The Balaban J connectivity index is 1.65. The van der Waals surface area contributed by atoms with Crippen molar-refractivity contribution < 1.29 is 18.7 Å². The topological polar surface area (TPSA) is 90.2 Å². The standard InChI is InChI=1S/C25H24FN3O3/c1-2-31-24(30)12-17-6-3-4-9-23(17)32-15-16-10-20(21-14-28-29-22(21)11-16)19-8-5-7-18(13-27)25(19)26/h3-11,14H,2,12-13,15,27H2,1H3,(H,28,29). The molecule has 3 aromatic carbocycles. The van der Waals surface area contributed by atoms with Crippen LogP contribution in [0.1, 0.15) is 23.6 Å². The van der Waals surface area contributed by atoms with Crippen molar-refractivity contribution in [2.45, 2.75) is 26.5 Å². The Morgan fingerprint density at radius 3 is 2.72 bits per heavy atom. The van der Waals surface area contributed by atoms with Crippen LogP contribution in [0.2, 0.25) is 0 Å². The van der Waals surface area contributed by atoms with E-state index in [1.165, 1.54) is 0 Å². The largest absolute Gasteiger partial charge is 0.489 e. The normalized spacial score (nSPS) is 11.0. The summed E-state index contributed by atoms with van der Waals surface area (Å²) in [7, 11) is 0. The molecular weight excluding hydrogens is 409 g/mol. The number of H-pyrrole nitrogens is 1. The maximum atomic E-state index is 15.0. The molecule has 0 aliphatic heterocycles. The molecular formula is C25H24FN3O3. The van der Waals surface area contributed by atoms with Crippen molar-refractivity contribution in [2.75, 3.05) is 6.61 Å². The molecule has 0 bridgehead atoms. The van der Waals surface area contributed by atoms with Gasteiger partial charge < -0.3 is 15.2 Å². The fourth-order valence-corrected chi connectivity index (χ4v) is 3.68. The van der Waals surface area contributed by atoms with Gasteiger partial charge in [0.05, 0.1) is 24.7 Å². The Labute approximate surface area is 185 Å². The summed E-state index contributed by atoms with van der Waals surface area (Å²) in [6.07, 6.45) is 1.81. The number of ether oxygens (including phenoxy) is 2. The highest BCUT2D eigenvalue weighted by molar-refractivity contribution is 5.95. The van der Waals surface area contributed by atoms with E-state index in [4.69, 9.17) is 15.2 Å². The van der Waals surface area contributed by atoms with E-state index in [0.717, 1.165) is 22.0 Å². The van der Waals surface area contributed by atoms with Crippen molar-refractivity contribution in [3.05, 3.63) is 83.3 Å². The van der Waals surface area contributed by atoms with E-state index in [9.17, 15) is 4.79 Å². The fraction of sp³-hybridized carbons (Fsp3) is 0.200. The first-order valence-electron chi connectivity index (χ1n) is 10.4. The molecule has 0 aliphatic carbocycles. The van der Waals surface area contributed by atoms with E-state index in [1.807, 2.05) is 36.4 Å². The summed E-state index contributed by atoms with van der Waals surface area (Å²) in [6.45, 7) is 2.46. The Bertz CT molecular complexity index is 1250. The number of para-hydroxylation sites is 1. The van der Waals surface area contributed by atoms with Crippen LogP contribution in [0.15, 0.2) is 60.8 Å². The molecule has 0 unspecified atom stereocenters. The SMILES string of the molecule is CCOC(=O)Cc1ccccc1OCc1cc(-c2cccc(CN)c2F)c2cn[nH]c2c1. The first-order chi connectivity index (χ1) is 15.6. The average Bonchev–Trinajstić information content (AvgIpc) is 3.27. The summed E-state index contributed by atoms with van der Waals surface area (Å²) >= 11 is 0. The van der Waals surface area contributed by atoms with Crippen molar-refractivity contribution in [3.63, 3.8) is 0 Å². The van der Waals surface area contributed by atoms with E-state index in [0.29, 0.717) is 29.0 Å². The highest BCUT2D eigenvalue weighted by atomic mass is 19.1. The van der Waals surface area contributed by atoms with E-state index in [-0.39, 0.29) is 31.4 Å². The first kappa shape index (κ1) is 21.5. The van der Waals surface area contributed by atoms with Crippen LogP contribution in [-0.4, -0.2) is 22.8 Å². The van der Waals surface area contributed by atoms with Crippen LogP contribution in [0.4, 0.5) is 4.39 Å². The Morgan fingerprint density at radius 1 is 1.09 bits per heavy atom. The van der Waals surface area contributed by atoms with Gasteiger partial charge in [0.15, 0.2) is 0 Å². The number of aromatic nitrogens is 2. The monoisotopic (exact) mass is 433 g/mol. The lowest BCUT2D eigenvalue weighted by atomic mass is 9.97. The van der Waals surface area contributed by atoms with Gasteiger partial charge in [-0.05, 0) is 36.2 Å². The van der Waals surface area contributed by atoms with Crippen LogP contribution >= 0.6 is 0 Å². The number of rotatable bonds is 8. The van der Waals surface area contributed by atoms with Gasteiger partial charge in [0, 0.05) is 28.6 Å². The van der Waals surface area contributed by atoms with Gasteiger partial charge in [0.25, 0.3) is 0 Å². The van der Waals surface area contributed by atoms with Crippen LogP contribution in [0.25, 0.3) is 22.0 Å². The summed E-state index contributed by atoms with van der Waals surface area (Å²) in [5.74, 6) is -0.0431. The van der Waals surface area contributed by atoms with Crippen LogP contribution in [0.5, 0.6) is 5.75 Å². The number of carbonyl (C=O) groups excluding carboxylic acids is 1. The summed E-state index contributed by atoms with van der Waals surface area (Å²) < 4.78 is 26.1. The zero-order chi connectivity index (χ0) is 22.5. The Kier molecular flexibility index (Phi) is 6.47. The van der Waals surface area contributed by atoms with Gasteiger partial charge in [0.2, 0.25) is 0 Å². The molecule has 4 aromatic rings. The van der Waals surface area contributed by atoms with Gasteiger partial charge in [-0.1, -0.05) is 36.4 Å². The van der Waals surface area contributed by atoms with Gasteiger partial charge in [-0.3, -0.25) is 9.89 Å². The number of fused-ring (bicyclic) bond motifs is 1. The number of carbonyl (C=O) groups is 1. The molecule has 164 valence electrons. The number of halogens is 1. The molecule has 1 aromatic heterocycles. The highest BCUT2D eigenvalue weighted by Crippen LogP contribution is 2.33. The maximum Gasteiger partial charge on any atom is 0.310 e. The van der Waals surface area contributed by atoms with Gasteiger partial charge in [-0.25, -0.2) is 4.39 Å².